The van der Waals surface area contributed by atoms with E-state index in [1.165, 1.54) is 6.20 Å². The Hall–Kier alpha value is -0.470. The maximum absolute atomic E-state index is 5.93. The molecule has 0 aliphatic rings. The summed E-state index contributed by atoms with van der Waals surface area (Å²) in [5.74, 6) is 0.867. The SMILES string of the molecule is CCN(CC)C(N)=NCCOc1ncc(Cl)cc1Cl.I. The lowest BCUT2D eigenvalue weighted by Crippen LogP contribution is -2.37. The molecule has 5 nitrogen and oxygen atoms in total. The van der Waals surface area contributed by atoms with Crippen molar-refractivity contribution in [3.63, 3.8) is 0 Å². The lowest BCUT2D eigenvalue weighted by molar-refractivity contribution is 0.315. The summed E-state index contributed by atoms with van der Waals surface area (Å²) in [4.78, 5) is 10.2. The van der Waals surface area contributed by atoms with Crippen molar-refractivity contribution in [2.24, 2.45) is 10.7 Å². The minimum absolute atomic E-state index is 0. The van der Waals surface area contributed by atoms with Gasteiger partial charge in [-0.05, 0) is 19.9 Å². The number of hydrogen-bond acceptors (Lipinski definition) is 3. The molecule has 0 spiro atoms. The monoisotopic (exact) mass is 432 g/mol. The molecular weight excluding hydrogens is 414 g/mol. The van der Waals surface area contributed by atoms with Crippen molar-refractivity contribution in [1.29, 1.82) is 0 Å². The Labute approximate surface area is 146 Å². The van der Waals surface area contributed by atoms with Crippen molar-refractivity contribution in [3.8, 4) is 5.88 Å². The van der Waals surface area contributed by atoms with Gasteiger partial charge in [0, 0.05) is 19.3 Å². The van der Waals surface area contributed by atoms with Gasteiger partial charge in [0.05, 0.1) is 11.6 Å². The number of aromatic nitrogens is 1. The molecule has 0 bridgehead atoms. The predicted octanol–water partition coefficient (Wildman–Crippen LogP) is 3.04. The van der Waals surface area contributed by atoms with Crippen molar-refractivity contribution in [2.45, 2.75) is 13.8 Å². The van der Waals surface area contributed by atoms with Crippen LogP contribution in [0.3, 0.4) is 0 Å². The predicted molar refractivity (Wildman–Crippen MR) is 94.6 cm³/mol. The molecule has 0 aromatic carbocycles. The summed E-state index contributed by atoms with van der Waals surface area (Å²) >= 11 is 11.7. The van der Waals surface area contributed by atoms with Gasteiger partial charge in [0.25, 0.3) is 0 Å². The molecule has 0 saturated heterocycles. The number of aliphatic imine (C=N–C) groups is 1. The van der Waals surface area contributed by atoms with Crippen LogP contribution in [-0.4, -0.2) is 42.1 Å². The van der Waals surface area contributed by atoms with Crippen molar-refractivity contribution < 1.29 is 4.74 Å². The van der Waals surface area contributed by atoms with E-state index in [2.05, 4.69) is 9.98 Å². The third kappa shape index (κ3) is 6.32. The van der Waals surface area contributed by atoms with E-state index in [9.17, 15) is 0 Å². The molecule has 2 N–H and O–H groups in total. The smallest absolute Gasteiger partial charge is 0.232 e. The highest BCUT2D eigenvalue weighted by molar-refractivity contribution is 14.0. The van der Waals surface area contributed by atoms with E-state index in [1.807, 2.05) is 18.7 Å². The van der Waals surface area contributed by atoms with E-state index in [0.29, 0.717) is 35.0 Å². The molecule has 1 heterocycles. The van der Waals surface area contributed by atoms with Crippen molar-refractivity contribution in [3.05, 3.63) is 22.3 Å². The fourth-order valence-electron chi connectivity index (χ4n) is 1.46. The largest absolute Gasteiger partial charge is 0.475 e. The molecule has 1 rings (SSSR count). The van der Waals surface area contributed by atoms with Crippen LogP contribution in [0.4, 0.5) is 0 Å². The minimum Gasteiger partial charge on any atom is -0.475 e. The van der Waals surface area contributed by atoms with Gasteiger partial charge in [-0.1, -0.05) is 23.2 Å². The van der Waals surface area contributed by atoms with E-state index in [-0.39, 0.29) is 24.0 Å². The molecule has 0 radical (unpaired) electrons. The molecule has 114 valence electrons. The van der Waals surface area contributed by atoms with Crippen LogP contribution in [0.1, 0.15) is 13.8 Å². The summed E-state index contributed by atoms with van der Waals surface area (Å²) in [6.07, 6.45) is 1.48. The van der Waals surface area contributed by atoms with Crippen molar-refractivity contribution >= 4 is 53.1 Å². The molecule has 1 aromatic heterocycles. The van der Waals surface area contributed by atoms with Gasteiger partial charge in [0.2, 0.25) is 5.88 Å². The lowest BCUT2D eigenvalue weighted by atomic mass is 10.5. The Balaban J connectivity index is 0.00000361. The van der Waals surface area contributed by atoms with Crippen LogP contribution in [0.5, 0.6) is 5.88 Å². The fraction of sp³-hybridized carbons (Fsp3) is 0.500. The van der Waals surface area contributed by atoms with Gasteiger partial charge in [-0.25, -0.2) is 9.98 Å². The highest BCUT2D eigenvalue weighted by Gasteiger charge is 2.04. The number of pyridine rings is 1. The molecule has 0 amide bonds. The third-order valence-corrected chi connectivity index (χ3v) is 2.94. The first-order valence-electron chi connectivity index (χ1n) is 6.07. The normalized spacial score (nSPS) is 10.9. The zero-order valence-electron chi connectivity index (χ0n) is 11.5. The first-order chi connectivity index (χ1) is 9.08. The Morgan fingerprint density at radius 3 is 2.60 bits per heavy atom. The average Bonchev–Trinajstić information content (AvgIpc) is 2.38. The first-order valence-corrected chi connectivity index (χ1v) is 6.82. The Bertz CT molecular complexity index is 441. The van der Waals surface area contributed by atoms with Crippen LogP contribution in [0.15, 0.2) is 17.3 Å². The molecule has 0 aliphatic heterocycles. The van der Waals surface area contributed by atoms with Crippen molar-refractivity contribution in [1.82, 2.24) is 9.88 Å². The van der Waals surface area contributed by atoms with Crippen LogP contribution in [0, 0.1) is 0 Å². The molecule has 1 aromatic rings. The second-order valence-electron chi connectivity index (χ2n) is 3.70. The topological polar surface area (TPSA) is 63.7 Å². The van der Waals surface area contributed by atoms with Gasteiger partial charge in [-0.15, -0.1) is 24.0 Å². The Kier molecular flexibility index (Phi) is 10.0. The number of ether oxygens (including phenoxy) is 1. The quantitative estimate of drug-likeness (QED) is 0.324. The summed E-state index contributed by atoms with van der Waals surface area (Å²) in [6, 6.07) is 1.58. The maximum atomic E-state index is 5.93. The van der Waals surface area contributed by atoms with E-state index in [1.54, 1.807) is 6.07 Å². The zero-order chi connectivity index (χ0) is 14.3. The maximum Gasteiger partial charge on any atom is 0.232 e. The standard InChI is InChI=1S/C12H18Cl2N4O.HI/c1-3-18(4-2)12(15)16-5-6-19-11-10(14)7-9(13)8-17-11;/h7-8H,3-6H2,1-2H3,(H2,15,16);1H. The summed E-state index contributed by atoms with van der Waals surface area (Å²) < 4.78 is 5.41. The van der Waals surface area contributed by atoms with Gasteiger partial charge in [-0.3, -0.25) is 0 Å². The number of hydrogen-bond donors (Lipinski definition) is 1. The third-order valence-electron chi connectivity index (χ3n) is 2.47. The van der Waals surface area contributed by atoms with Crippen molar-refractivity contribution in [2.75, 3.05) is 26.2 Å². The van der Waals surface area contributed by atoms with E-state index < -0.39 is 0 Å². The van der Waals surface area contributed by atoms with Gasteiger partial charge in [-0.2, -0.15) is 0 Å². The number of rotatable bonds is 6. The Morgan fingerprint density at radius 2 is 2.05 bits per heavy atom. The molecular formula is C12H19Cl2IN4O. The zero-order valence-corrected chi connectivity index (χ0v) is 15.3. The molecule has 8 heteroatoms. The van der Waals surface area contributed by atoms with E-state index in [4.69, 9.17) is 33.7 Å². The highest BCUT2D eigenvalue weighted by Crippen LogP contribution is 2.24. The molecule has 0 saturated carbocycles. The summed E-state index contributed by atoms with van der Waals surface area (Å²) in [5.41, 5.74) is 5.83. The summed E-state index contributed by atoms with van der Waals surface area (Å²) in [5, 5.41) is 0.856. The molecule has 0 fully saturated rings. The summed E-state index contributed by atoms with van der Waals surface area (Å²) in [7, 11) is 0. The van der Waals surface area contributed by atoms with Crippen LogP contribution < -0.4 is 10.5 Å². The summed E-state index contributed by atoms with van der Waals surface area (Å²) in [6.45, 7) is 6.52. The van der Waals surface area contributed by atoms with Gasteiger partial charge in [0.15, 0.2) is 5.96 Å². The van der Waals surface area contributed by atoms with Crippen LogP contribution in [0.2, 0.25) is 10.0 Å². The minimum atomic E-state index is 0. The second kappa shape index (κ2) is 10.3. The van der Waals surface area contributed by atoms with E-state index in [0.717, 1.165) is 13.1 Å². The lowest BCUT2D eigenvalue weighted by Gasteiger charge is -2.19. The number of nitrogens with two attached hydrogens (primary N) is 1. The van der Waals surface area contributed by atoms with Gasteiger partial charge >= 0.3 is 0 Å². The number of nitrogens with zero attached hydrogens (tertiary/aromatic N) is 3. The second-order valence-corrected chi connectivity index (χ2v) is 4.54. The Morgan fingerprint density at radius 1 is 1.40 bits per heavy atom. The fourth-order valence-corrected chi connectivity index (χ4v) is 1.89. The number of halogens is 3. The highest BCUT2D eigenvalue weighted by atomic mass is 127. The van der Waals surface area contributed by atoms with Crippen LogP contribution >= 0.6 is 47.2 Å². The molecule has 0 aliphatic carbocycles. The van der Waals surface area contributed by atoms with Crippen LogP contribution in [-0.2, 0) is 0 Å². The van der Waals surface area contributed by atoms with E-state index >= 15 is 0 Å². The first kappa shape index (κ1) is 19.5. The van der Waals surface area contributed by atoms with Crippen LogP contribution in [0.25, 0.3) is 0 Å². The average molecular weight is 433 g/mol. The molecule has 20 heavy (non-hydrogen) atoms. The van der Waals surface area contributed by atoms with Gasteiger partial charge in [0.1, 0.15) is 11.6 Å². The molecule has 0 atom stereocenters. The molecule has 0 unspecified atom stereocenters. The van der Waals surface area contributed by atoms with Gasteiger partial charge < -0.3 is 15.4 Å². The number of guanidine groups is 1.